The van der Waals surface area contributed by atoms with Gasteiger partial charge < -0.3 is 5.32 Å². The van der Waals surface area contributed by atoms with Crippen LogP contribution in [0.5, 0.6) is 0 Å². The minimum absolute atomic E-state index is 0.280. The molecule has 0 aliphatic carbocycles. The second-order valence-electron chi connectivity index (χ2n) is 5.58. The van der Waals surface area contributed by atoms with Crippen molar-refractivity contribution in [3.63, 3.8) is 0 Å². The van der Waals surface area contributed by atoms with Crippen LogP contribution in [0.4, 0.5) is 4.39 Å². The van der Waals surface area contributed by atoms with Crippen molar-refractivity contribution in [2.24, 2.45) is 0 Å². The van der Waals surface area contributed by atoms with E-state index < -0.39 is 0 Å². The van der Waals surface area contributed by atoms with E-state index in [1.165, 1.54) is 17.7 Å². The molecule has 21 heavy (non-hydrogen) atoms. The molecule has 1 aromatic carbocycles. The summed E-state index contributed by atoms with van der Waals surface area (Å²) in [6, 6.07) is 4.83. The molecule has 0 saturated carbocycles. The first kappa shape index (κ1) is 16.0. The molecule has 0 fully saturated rings. The molecule has 0 atom stereocenters. The van der Waals surface area contributed by atoms with Gasteiger partial charge in [0.05, 0.1) is 12.2 Å². The summed E-state index contributed by atoms with van der Waals surface area (Å²) < 4.78 is 15.2. The van der Waals surface area contributed by atoms with Gasteiger partial charge in [0.1, 0.15) is 5.82 Å². The van der Waals surface area contributed by atoms with Gasteiger partial charge in [-0.05, 0) is 37.6 Å². The highest BCUT2D eigenvalue weighted by Gasteiger charge is 2.13. The van der Waals surface area contributed by atoms with E-state index >= 15 is 0 Å². The average Bonchev–Trinajstić information content (AvgIpc) is 2.66. The summed E-state index contributed by atoms with van der Waals surface area (Å²) in [6.07, 6.45) is 0. The third kappa shape index (κ3) is 3.83. The quantitative estimate of drug-likeness (QED) is 0.909. The Morgan fingerprint density at radius 3 is 2.71 bits per heavy atom. The van der Waals surface area contributed by atoms with E-state index in [1.54, 1.807) is 6.07 Å². The van der Waals surface area contributed by atoms with Gasteiger partial charge in [-0.15, -0.1) is 0 Å². The van der Waals surface area contributed by atoms with Crippen LogP contribution in [0.3, 0.4) is 0 Å². The predicted molar refractivity (Wildman–Crippen MR) is 84.2 cm³/mol. The highest BCUT2D eigenvalue weighted by Crippen LogP contribution is 2.20. The van der Waals surface area contributed by atoms with Gasteiger partial charge in [0.25, 0.3) is 0 Å². The highest BCUT2D eigenvalue weighted by atomic mass is 35.5. The van der Waals surface area contributed by atoms with Crippen molar-refractivity contribution in [3.05, 3.63) is 51.6 Å². The fourth-order valence-corrected chi connectivity index (χ4v) is 2.45. The number of aromatic nitrogens is 2. The van der Waals surface area contributed by atoms with Gasteiger partial charge in [-0.1, -0.05) is 25.4 Å². The zero-order valence-corrected chi connectivity index (χ0v) is 13.6. The summed E-state index contributed by atoms with van der Waals surface area (Å²) in [4.78, 5) is 0. The Kier molecular flexibility index (Phi) is 5.01. The molecule has 0 unspecified atom stereocenters. The summed E-state index contributed by atoms with van der Waals surface area (Å²) in [7, 11) is 0. The monoisotopic (exact) mass is 309 g/mol. The molecule has 114 valence electrons. The zero-order valence-electron chi connectivity index (χ0n) is 12.9. The summed E-state index contributed by atoms with van der Waals surface area (Å²) in [5.74, 6) is -0.280. The second kappa shape index (κ2) is 6.58. The summed E-state index contributed by atoms with van der Waals surface area (Å²) in [6.45, 7) is 9.51. The Balaban J connectivity index is 2.25. The molecule has 2 rings (SSSR count). The predicted octanol–water partition coefficient (Wildman–Crippen LogP) is 3.84. The van der Waals surface area contributed by atoms with Gasteiger partial charge in [0, 0.05) is 28.9 Å². The number of hydrogen-bond acceptors (Lipinski definition) is 2. The Labute approximate surface area is 130 Å². The van der Waals surface area contributed by atoms with Gasteiger partial charge in [-0.25, -0.2) is 4.39 Å². The van der Waals surface area contributed by atoms with Gasteiger partial charge in [0.15, 0.2) is 0 Å². The van der Waals surface area contributed by atoms with Crippen molar-refractivity contribution in [2.75, 3.05) is 0 Å². The third-order valence-corrected chi connectivity index (χ3v) is 3.92. The van der Waals surface area contributed by atoms with E-state index in [0.717, 1.165) is 23.5 Å². The smallest absolute Gasteiger partial charge is 0.123 e. The molecule has 5 heteroatoms. The molecule has 0 radical (unpaired) electrons. The Morgan fingerprint density at radius 2 is 2.05 bits per heavy atom. The maximum absolute atomic E-state index is 13.3. The number of benzene rings is 1. The molecular formula is C16H21ClFN3. The maximum atomic E-state index is 13.3. The molecular weight excluding hydrogens is 289 g/mol. The molecule has 1 N–H and O–H groups in total. The van der Waals surface area contributed by atoms with Crippen LogP contribution >= 0.6 is 11.6 Å². The lowest BCUT2D eigenvalue weighted by Crippen LogP contribution is -2.22. The number of hydrogen-bond donors (Lipinski definition) is 1. The van der Waals surface area contributed by atoms with Crippen LogP contribution in [-0.2, 0) is 13.1 Å². The second-order valence-corrected chi connectivity index (χ2v) is 5.99. The lowest BCUT2D eigenvalue weighted by Gasteiger charge is -2.10. The van der Waals surface area contributed by atoms with E-state index in [1.807, 2.05) is 18.5 Å². The molecule has 1 heterocycles. The minimum atomic E-state index is -0.280. The summed E-state index contributed by atoms with van der Waals surface area (Å²) >= 11 is 6.13. The Bertz CT molecular complexity index is 635. The SMILES string of the molecule is Cc1nn(Cc2cc(F)ccc2Cl)c(C)c1CNC(C)C. The van der Waals surface area contributed by atoms with Crippen molar-refractivity contribution in [3.8, 4) is 0 Å². The van der Waals surface area contributed by atoms with E-state index in [9.17, 15) is 4.39 Å². The topological polar surface area (TPSA) is 29.9 Å². The van der Waals surface area contributed by atoms with Crippen LogP contribution in [-0.4, -0.2) is 15.8 Å². The van der Waals surface area contributed by atoms with Crippen molar-refractivity contribution in [2.45, 2.75) is 46.8 Å². The van der Waals surface area contributed by atoms with Crippen LogP contribution in [0.25, 0.3) is 0 Å². The first-order valence-corrected chi connectivity index (χ1v) is 7.46. The minimum Gasteiger partial charge on any atom is -0.310 e. The Hall–Kier alpha value is -1.39. The molecule has 0 spiro atoms. The number of nitrogens with zero attached hydrogens (tertiary/aromatic N) is 2. The van der Waals surface area contributed by atoms with Crippen LogP contribution in [0.2, 0.25) is 5.02 Å². The maximum Gasteiger partial charge on any atom is 0.123 e. The third-order valence-electron chi connectivity index (χ3n) is 3.55. The largest absolute Gasteiger partial charge is 0.310 e. The van der Waals surface area contributed by atoms with Crippen LogP contribution in [0.15, 0.2) is 18.2 Å². The molecule has 0 amide bonds. The van der Waals surface area contributed by atoms with Gasteiger partial charge in [-0.3, -0.25) is 4.68 Å². The normalized spacial score (nSPS) is 11.4. The molecule has 0 aliphatic heterocycles. The molecule has 0 aliphatic rings. The standard InChI is InChI=1S/C16H21ClFN3/c1-10(2)19-8-15-11(3)20-21(12(15)4)9-13-7-14(18)5-6-16(13)17/h5-7,10,19H,8-9H2,1-4H3. The molecule has 1 aromatic heterocycles. The zero-order chi connectivity index (χ0) is 15.6. The Morgan fingerprint density at radius 1 is 1.33 bits per heavy atom. The van der Waals surface area contributed by atoms with E-state index in [0.29, 0.717) is 17.6 Å². The number of nitrogens with one attached hydrogen (secondary N) is 1. The number of halogens is 2. The van der Waals surface area contributed by atoms with Gasteiger partial charge >= 0.3 is 0 Å². The fourth-order valence-electron chi connectivity index (χ4n) is 2.28. The average molecular weight is 310 g/mol. The lowest BCUT2D eigenvalue weighted by molar-refractivity contribution is 0.584. The van der Waals surface area contributed by atoms with Gasteiger partial charge in [0.2, 0.25) is 0 Å². The molecule has 2 aromatic rings. The van der Waals surface area contributed by atoms with Crippen molar-refractivity contribution >= 4 is 11.6 Å². The number of aryl methyl sites for hydroxylation is 1. The first-order valence-electron chi connectivity index (χ1n) is 7.08. The van der Waals surface area contributed by atoms with Crippen molar-refractivity contribution in [1.82, 2.24) is 15.1 Å². The summed E-state index contributed by atoms with van der Waals surface area (Å²) in [5.41, 5.74) is 4.01. The molecule has 0 saturated heterocycles. The van der Waals surface area contributed by atoms with Crippen LogP contribution < -0.4 is 5.32 Å². The molecule has 3 nitrogen and oxygen atoms in total. The van der Waals surface area contributed by atoms with E-state index in [2.05, 4.69) is 24.3 Å². The van der Waals surface area contributed by atoms with Crippen molar-refractivity contribution in [1.29, 1.82) is 0 Å². The van der Waals surface area contributed by atoms with E-state index in [-0.39, 0.29) is 5.82 Å². The fraction of sp³-hybridized carbons (Fsp3) is 0.438. The summed E-state index contributed by atoms with van der Waals surface area (Å²) in [5, 5.41) is 8.51. The number of rotatable bonds is 5. The first-order chi connectivity index (χ1) is 9.88. The lowest BCUT2D eigenvalue weighted by atomic mass is 10.2. The highest BCUT2D eigenvalue weighted by molar-refractivity contribution is 6.31. The van der Waals surface area contributed by atoms with Gasteiger partial charge in [-0.2, -0.15) is 5.10 Å². The van der Waals surface area contributed by atoms with Crippen molar-refractivity contribution < 1.29 is 4.39 Å². The molecule has 0 bridgehead atoms. The van der Waals surface area contributed by atoms with E-state index in [4.69, 9.17) is 11.6 Å². The van der Waals surface area contributed by atoms with Crippen LogP contribution in [0, 0.1) is 19.7 Å². The van der Waals surface area contributed by atoms with Crippen LogP contribution in [0.1, 0.15) is 36.4 Å².